The highest BCUT2D eigenvalue weighted by Crippen LogP contribution is 2.24. The molecule has 0 aromatic heterocycles. The van der Waals surface area contributed by atoms with Crippen LogP contribution < -0.4 is 0 Å². The van der Waals surface area contributed by atoms with Gasteiger partial charge in [0.15, 0.2) is 11.5 Å². The van der Waals surface area contributed by atoms with Gasteiger partial charge in [0.05, 0.1) is 7.11 Å². The Labute approximate surface area is 160 Å². The van der Waals surface area contributed by atoms with Crippen molar-refractivity contribution in [2.45, 2.75) is 97.8 Å². The molecule has 0 spiro atoms. The Morgan fingerprint density at radius 3 is 1.85 bits per heavy atom. The van der Waals surface area contributed by atoms with Crippen LogP contribution in [-0.2, 0) is 14.3 Å². The van der Waals surface area contributed by atoms with E-state index >= 15 is 0 Å². The van der Waals surface area contributed by atoms with Crippen LogP contribution in [0.5, 0.6) is 0 Å². The number of ketones is 2. The first-order chi connectivity index (χ1) is 12.5. The summed E-state index contributed by atoms with van der Waals surface area (Å²) in [5.74, 6) is 0.824. The van der Waals surface area contributed by atoms with Gasteiger partial charge in [-0.05, 0) is 25.7 Å². The number of allylic oxidation sites excluding steroid dienone is 3. The Balaban J connectivity index is 2.06. The Morgan fingerprint density at radius 2 is 1.35 bits per heavy atom. The molecule has 0 saturated carbocycles. The predicted molar refractivity (Wildman–Crippen MR) is 108 cm³/mol. The fraction of sp³-hybridized carbons (Fsp3) is 0.739. The molecule has 0 radical (unpaired) electrons. The van der Waals surface area contributed by atoms with Crippen LogP contribution in [0, 0.1) is 5.92 Å². The molecule has 0 aromatic carbocycles. The van der Waals surface area contributed by atoms with Crippen molar-refractivity contribution >= 4 is 11.6 Å². The summed E-state index contributed by atoms with van der Waals surface area (Å²) in [5.41, 5.74) is 1.24. The van der Waals surface area contributed by atoms with Crippen LogP contribution in [0.4, 0.5) is 0 Å². The summed E-state index contributed by atoms with van der Waals surface area (Å²) < 4.78 is 5.03. The molecule has 3 heteroatoms. The number of hydrogen-bond donors (Lipinski definition) is 0. The Bertz CT molecular complexity index is 512. The fourth-order valence-electron chi connectivity index (χ4n) is 3.48. The molecule has 0 aromatic rings. The third-order valence-electron chi connectivity index (χ3n) is 5.26. The van der Waals surface area contributed by atoms with E-state index in [-0.39, 0.29) is 17.3 Å². The SMILES string of the molecule is COC1=CC(=O)C(C)=C(CCCCCCCCCCCCC(C)C)C1=O. The molecule has 148 valence electrons. The number of carbonyl (C=O) groups excluding carboxylic acids is 2. The summed E-state index contributed by atoms with van der Waals surface area (Å²) >= 11 is 0. The summed E-state index contributed by atoms with van der Waals surface area (Å²) in [6.45, 7) is 6.35. The second kappa shape index (κ2) is 12.9. The summed E-state index contributed by atoms with van der Waals surface area (Å²) in [6, 6.07) is 0. The summed E-state index contributed by atoms with van der Waals surface area (Å²) in [4.78, 5) is 24.1. The molecule has 1 aliphatic rings. The second-order valence-electron chi connectivity index (χ2n) is 7.98. The van der Waals surface area contributed by atoms with Gasteiger partial charge >= 0.3 is 0 Å². The normalized spacial score (nSPS) is 15.0. The Hall–Kier alpha value is -1.38. The third-order valence-corrected chi connectivity index (χ3v) is 5.26. The van der Waals surface area contributed by atoms with Crippen molar-refractivity contribution < 1.29 is 14.3 Å². The zero-order chi connectivity index (χ0) is 19.4. The number of unbranched alkanes of at least 4 members (excludes halogenated alkanes) is 9. The lowest BCUT2D eigenvalue weighted by Crippen LogP contribution is -2.19. The van der Waals surface area contributed by atoms with Crippen LogP contribution in [0.3, 0.4) is 0 Å². The maximum atomic E-state index is 12.3. The molecule has 0 aliphatic heterocycles. The molecular formula is C23H38O3. The summed E-state index contributed by atoms with van der Waals surface area (Å²) in [5, 5.41) is 0. The lowest BCUT2D eigenvalue weighted by Gasteiger charge is -2.16. The van der Waals surface area contributed by atoms with Gasteiger partial charge in [0.2, 0.25) is 5.78 Å². The van der Waals surface area contributed by atoms with Crippen molar-refractivity contribution in [2.24, 2.45) is 5.92 Å². The molecule has 0 unspecified atom stereocenters. The van der Waals surface area contributed by atoms with E-state index in [1.807, 2.05) is 0 Å². The molecule has 0 heterocycles. The van der Waals surface area contributed by atoms with Crippen LogP contribution in [0.2, 0.25) is 0 Å². The number of ether oxygens (including phenoxy) is 1. The minimum atomic E-state index is -0.109. The molecule has 0 fully saturated rings. The van der Waals surface area contributed by atoms with Gasteiger partial charge in [0, 0.05) is 17.2 Å². The van der Waals surface area contributed by atoms with Gasteiger partial charge in [-0.25, -0.2) is 0 Å². The molecule has 0 N–H and O–H groups in total. The lowest BCUT2D eigenvalue weighted by atomic mass is 9.90. The van der Waals surface area contributed by atoms with E-state index in [9.17, 15) is 9.59 Å². The number of carbonyl (C=O) groups is 2. The van der Waals surface area contributed by atoms with Crippen LogP contribution in [-0.4, -0.2) is 18.7 Å². The highest BCUT2D eigenvalue weighted by molar-refractivity contribution is 6.21. The summed E-state index contributed by atoms with van der Waals surface area (Å²) in [7, 11) is 1.44. The lowest BCUT2D eigenvalue weighted by molar-refractivity contribution is -0.118. The van der Waals surface area contributed by atoms with Gasteiger partial charge in [-0.15, -0.1) is 0 Å². The minimum Gasteiger partial charge on any atom is -0.493 e. The minimum absolute atomic E-state index is 0.0927. The van der Waals surface area contributed by atoms with Crippen molar-refractivity contribution in [1.29, 1.82) is 0 Å². The van der Waals surface area contributed by atoms with Gasteiger partial charge in [-0.1, -0.05) is 78.1 Å². The average Bonchev–Trinajstić information content (AvgIpc) is 2.61. The largest absolute Gasteiger partial charge is 0.493 e. The number of Topliss-reactive ketones (excluding diaryl/α,β-unsaturated/α-hetero) is 1. The van der Waals surface area contributed by atoms with Gasteiger partial charge in [0.1, 0.15) is 0 Å². The van der Waals surface area contributed by atoms with Crippen molar-refractivity contribution in [3.8, 4) is 0 Å². The molecule has 0 amide bonds. The quantitative estimate of drug-likeness (QED) is 0.268. The molecular weight excluding hydrogens is 324 g/mol. The highest BCUT2D eigenvalue weighted by Gasteiger charge is 2.26. The van der Waals surface area contributed by atoms with E-state index in [0.29, 0.717) is 17.6 Å². The maximum Gasteiger partial charge on any atom is 0.224 e. The standard InChI is InChI=1S/C23H38O3/c1-18(2)15-13-11-9-7-5-6-8-10-12-14-16-20-19(3)21(24)17-22(26-4)23(20)25/h17-18H,5-16H2,1-4H3. The van der Waals surface area contributed by atoms with E-state index < -0.39 is 0 Å². The number of hydrogen-bond acceptors (Lipinski definition) is 3. The van der Waals surface area contributed by atoms with Crippen LogP contribution in [0.15, 0.2) is 23.0 Å². The second-order valence-corrected chi connectivity index (χ2v) is 7.98. The number of rotatable bonds is 14. The molecule has 0 saturated heterocycles. The monoisotopic (exact) mass is 362 g/mol. The van der Waals surface area contributed by atoms with E-state index in [0.717, 1.165) is 18.8 Å². The van der Waals surface area contributed by atoms with Gasteiger partial charge in [-0.2, -0.15) is 0 Å². The predicted octanol–water partition coefficient (Wildman–Crippen LogP) is 6.32. The van der Waals surface area contributed by atoms with Gasteiger partial charge in [-0.3, -0.25) is 9.59 Å². The van der Waals surface area contributed by atoms with Crippen LogP contribution >= 0.6 is 0 Å². The Kier molecular flexibility index (Phi) is 11.2. The first kappa shape index (κ1) is 22.7. The van der Waals surface area contributed by atoms with Gasteiger partial charge < -0.3 is 4.74 Å². The van der Waals surface area contributed by atoms with E-state index in [1.165, 1.54) is 71.0 Å². The fourth-order valence-corrected chi connectivity index (χ4v) is 3.48. The smallest absolute Gasteiger partial charge is 0.224 e. The topological polar surface area (TPSA) is 43.4 Å². The van der Waals surface area contributed by atoms with Crippen molar-refractivity contribution in [1.82, 2.24) is 0 Å². The zero-order valence-electron chi connectivity index (χ0n) is 17.4. The van der Waals surface area contributed by atoms with Crippen molar-refractivity contribution in [2.75, 3.05) is 7.11 Å². The Morgan fingerprint density at radius 1 is 0.846 bits per heavy atom. The highest BCUT2D eigenvalue weighted by atomic mass is 16.5. The molecule has 1 aliphatic carbocycles. The van der Waals surface area contributed by atoms with Gasteiger partial charge in [0.25, 0.3) is 0 Å². The molecule has 3 nitrogen and oxygen atoms in total. The molecule has 26 heavy (non-hydrogen) atoms. The van der Waals surface area contributed by atoms with Crippen LogP contribution in [0.25, 0.3) is 0 Å². The zero-order valence-corrected chi connectivity index (χ0v) is 17.4. The molecule has 1 rings (SSSR count). The van der Waals surface area contributed by atoms with E-state index in [2.05, 4.69) is 13.8 Å². The third kappa shape index (κ3) is 8.33. The van der Waals surface area contributed by atoms with E-state index in [4.69, 9.17) is 4.74 Å². The first-order valence-corrected chi connectivity index (χ1v) is 10.5. The van der Waals surface area contributed by atoms with Crippen molar-refractivity contribution in [3.05, 3.63) is 23.0 Å². The maximum absolute atomic E-state index is 12.3. The summed E-state index contributed by atoms with van der Waals surface area (Å²) in [6.07, 6.45) is 16.1. The molecule has 0 bridgehead atoms. The van der Waals surface area contributed by atoms with E-state index in [1.54, 1.807) is 6.92 Å². The number of methoxy groups -OCH3 is 1. The average molecular weight is 363 g/mol. The van der Waals surface area contributed by atoms with Crippen molar-refractivity contribution in [3.63, 3.8) is 0 Å². The van der Waals surface area contributed by atoms with Crippen LogP contribution in [0.1, 0.15) is 97.8 Å². The molecule has 0 atom stereocenters. The first-order valence-electron chi connectivity index (χ1n) is 10.5.